The van der Waals surface area contributed by atoms with Gasteiger partial charge in [0.25, 0.3) is 0 Å². The highest BCUT2D eigenvalue weighted by molar-refractivity contribution is 7.19. The molecule has 0 fully saturated rings. The number of alkyl halides is 1. The fourth-order valence-corrected chi connectivity index (χ4v) is 3.70. The highest BCUT2D eigenvalue weighted by Gasteiger charge is 2.21. The molecule has 0 saturated carbocycles. The van der Waals surface area contributed by atoms with Crippen LogP contribution in [0.2, 0.25) is 0 Å². The zero-order valence-electron chi connectivity index (χ0n) is 10.9. The zero-order valence-corrected chi connectivity index (χ0v) is 12.5. The first kappa shape index (κ1) is 13.5. The Morgan fingerprint density at radius 3 is 2.80 bits per heavy atom. The van der Waals surface area contributed by atoms with Gasteiger partial charge in [-0.05, 0) is 35.7 Å². The van der Waals surface area contributed by atoms with Crippen LogP contribution in [0.25, 0.3) is 10.1 Å². The van der Waals surface area contributed by atoms with Gasteiger partial charge in [0.05, 0.1) is 5.38 Å². The first-order chi connectivity index (χ1) is 9.65. The summed E-state index contributed by atoms with van der Waals surface area (Å²) in [5.41, 5.74) is 0.969. The minimum absolute atomic E-state index is 0.107. The first-order valence-electron chi connectivity index (χ1n) is 6.39. The van der Waals surface area contributed by atoms with E-state index in [-0.39, 0.29) is 17.1 Å². The monoisotopic (exact) mass is 305 g/mol. The van der Waals surface area contributed by atoms with Crippen LogP contribution in [-0.4, -0.2) is 4.98 Å². The Hall–Kier alpha value is -1.45. The van der Waals surface area contributed by atoms with Crippen molar-refractivity contribution in [3.63, 3.8) is 0 Å². The molecule has 0 aliphatic heterocycles. The number of nitrogens with zero attached hydrogens (tertiary/aromatic N) is 1. The first-order valence-corrected chi connectivity index (χ1v) is 7.64. The number of halogens is 2. The molecule has 1 nitrogen and oxygen atoms in total. The van der Waals surface area contributed by atoms with E-state index in [9.17, 15) is 4.39 Å². The lowest BCUT2D eigenvalue weighted by molar-refractivity contribution is 0.630. The molecule has 0 N–H and O–H groups in total. The minimum Gasteiger partial charge on any atom is -0.261 e. The molecule has 0 spiro atoms. The topological polar surface area (TPSA) is 12.9 Å². The van der Waals surface area contributed by atoms with Gasteiger partial charge in [-0.3, -0.25) is 4.98 Å². The molecule has 0 bridgehead atoms. The van der Waals surface area contributed by atoms with E-state index in [0.29, 0.717) is 0 Å². The second kappa shape index (κ2) is 5.51. The lowest BCUT2D eigenvalue weighted by Crippen LogP contribution is -2.02. The maximum Gasteiger partial charge on any atom is 0.124 e. The third-order valence-corrected chi connectivity index (χ3v) is 5.29. The van der Waals surface area contributed by atoms with Gasteiger partial charge in [-0.1, -0.05) is 19.1 Å². The summed E-state index contributed by atoms with van der Waals surface area (Å²) in [4.78, 5) is 5.40. The molecule has 0 saturated heterocycles. The molecule has 1 aromatic carbocycles. The van der Waals surface area contributed by atoms with Crippen molar-refractivity contribution in [2.45, 2.75) is 18.2 Å². The second-order valence-corrected chi connectivity index (χ2v) is 6.36. The largest absolute Gasteiger partial charge is 0.261 e. The van der Waals surface area contributed by atoms with Gasteiger partial charge in [0.15, 0.2) is 0 Å². The van der Waals surface area contributed by atoms with Gasteiger partial charge in [0.1, 0.15) is 5.82 Å². The average Bonchev–Trinajstić information content (AvgIpc) is 2.89. The summed E-state index contributed by atoms with van der Waals surface area (Å²) in [5.74, 6) is -0.106. The quantitative estimate of drug-likeness (QED) is 0.581. The Labute approximate surface area is 126 Å². The summed E-state index contributed by atoms with van der Waals surface area (Å²) in [6.45, 7) is 2.06. The van der Waals surface area contributed by atoms with Gasteiger partial charge >= 0.3 is 0 Å². The number of hydrogen-bond donors (Lipinski definition) is 0. The summed E-state index contributed by atoms with van der Waals surface area (Å²) in [5, 5.41) is 0.871. The van der Waals surface area contributed by atoms with Gasteiger partial charge in [0.2, 0.25) is 0 Å². The molecule has 2 unspecified atom stereocenters. The van der Waals surface area contributed by atoms with Gasteiger partial charge in [-0.15, -0.1) is 22.9 Å². The van der Waals surface area contributed by atoms with Gasteiger partial charge in [-0.2, -0.15) is 0 Å². The summed E-state index contributed by atoms with van der Waals surface area (Å²) in [6, 6.07) is 12.7. The average molecular weight is 306 g/mol. The van der Waals surface area contributed by atoms with Gasteiger partial charge in [-0.25, -0.2) is 4.39 Å². The van der Waals surface area contributed by atoms with Crippen LogP contribution in [0.4, 0.5) is 4.39 Å². The lowest BCUT2D eigenvalue weighted by atomic mass is 10.0. The zero-order chi connectivity index (χ0) is 14.1. The molecule has 2 aromatic heterocycles. The number of pyridine rings is 1. The fraction of sp³-hybridized carbons (Fsp3) is 0.188. The van der Waals surface area contributed by atoms with Crippen molar-refractivity contribution in [1.29, 1.82) is 0 Å². The highest BCUT2D eigenvalue weighted by Crippen LogP contribution is 2.40. The van der Waals surface area contributed by atoms with Crippen LogP contribution in [0.3, 0.4) is 0 Å². The van der Waals surface area contributed by atoms with Crippen molar-refractivity contribution < 1.29 is 4.39 Å². The molecule has 102 valence electrons. The van der Waals surface area contributed by atoms with Crippen LogP contribution >= 0.6 is 22.9 Å². The van der Waals surface area contributed by atoms with E-state index in [1.807, 2.05) is 24.3 Å². The van der Waals surface area contributed by atoms with Crippen molar-refractivity contribution >= 4 is 33.0 Å². The fourth-order valence-electron chi connectivity index (χ4n) is 2.20. The third-order valence-electron chi connectivity index (χ3n) is 3.37. The Balaban J connectivity index is 1.94. The molecule has 3 aromatic rings. The summed E-state index contributed by atoms with van der Waals surface area (Å²) in [7, 11) is 0. The van der Waals surface area contributed by atoms with Gasteiger partial charge < -0.3 is 0 Å². The Morgan fingerprint density at radius 1 is 1.20 bits per heavy atom. The number of thiophene rings is 1. The van der Waals surface area contributed by atoms with Crippen LogP contribution in [0.15, 0.2) is 48.7 Å². The van der Waals surface area contributed by atoms with E-state index in [0.717, 1.165) is 20.7 Å². The number of rotatable bonds is 3. The number of aromatic nitrogens is 1. The van der Waals surface area contributed by atoms with E-state index in [1.165, 1.54) is 6.07 Å². The van der Waals surface area contributed by atoms with Crippen molar-refractivity contribution in [1.82, 2.24) is 4.98 Å². The van der Waals surface area contributed by atoms with Crippen LogP contribution in [-0.2, 0) is 0 Å². The van der Waals surface area contributed by atoms with E-state index < -0.39 is 0 Å². The van der Waals surface area contributed by atoms with Crippen molar-refractivity contribution in [3.05, 3.63) is 65.0 Å². The molecular formula is C16H13ClFNS. The van der Waals surface area contributed by atoms with E-state index in [2.05, 4.69) is 11.9 Å². The number of hydrogen-bond acceptors (Lipinski definition) is 2. The normalized spacial score (nSPS) is 14.3. The van der Waals surface area contributed by atoms with Crippen molar-refractivity contribution in [2.24, 2.45) is 0 Å². The molecule has 0 aliphatic rings. The van der Waals surface area contributed by atoms with E-state index in [4.69, 9.17) is 11.6 Å². The summed E-state index contributed by atoms with van der Waals surface area (Å²) >= 11 is 8.12. The Morgan fingerprint density at radius 2 is 2.05 bits per heavy atom. The second-order valence-electron chi connectivity index (χ2n) is 4.78. The molecule has 2 atom stereocenters. The van der Waals surface area contributed by atoms with E-state index in [1.54, 1.807) is 29.7 Å². The summed E-state index contributed by atoms with van der Waals surface area (Å²) in [6.07, 6.45) is 1.77. The van der Waals surface area contributed by atoms with Gasteiger partial charge in [0, 0.05) is 27.4 Å². The predicted octanol–water partition coefficient (Wildman–Crippen LogP) is 5.52. The molecule has 2 heterocycles. The van der Waals surface area contributed by atoms with E-state index >= 15 is 0 Å². The maximum atomic E-state index is 13.2. The SMILES string of the molecule is CC(c1ccccn1)C(Cl)c1cc2ccc(F)cc2s1. The van der Waals surface area contributed by atoms with Crippen LogP contribution in [0, 0.1) is 5.82 Å². The molecule has 0 amide bonds. The van der Waals surface area contributed by atoms with Crippen LogP contribution < -0.4 is 0 Å². The minimum atomic E-state index is -0.213. The summed E-state index contributed by atoms with van der Waals surface area (Å²) < 4.78 is 14.2. The molecule has 0 aliphatic carbocycles. The number of fused-ring (bicyclic) bond motifs is 1. The molecule has 3 rings (SSSR count). The number of benzene rings is 1. The van der Waals surface area contributed by atoms with Crippen molar-refractivity contribution in [3.8, 4) is 0 Å². The Kier molecular flexibility index (Phi) is 3.72. The van der Waals surface area contributed by atoms with Crippen molar-refractivity contribution in [2.75, 3.05) is 0 Å². The standard InChI is InChI=1S/C16H13ClFNS/c1-10(13-4-2-3-7-19-13)16(17)15-8-11-5-6-12(18)9-14(11)20-15/h2-10,16H,1H3. The van der Waals surface area contributed by atoms with Crippen LogP contribution in [0.5, 0.6) is 0 Å². The maximum absolute atomic E-state index is 13.2. The molecule has 20 heavy (non-hydrogen) atoms. The molecular weight excluding hydrogens is 293 g/mol. The molecule has 4 heteroatoms. The smallest absolute Gasteiger partial charge is 0.124 e. The van der Waals surface area contributed by atoms with Crippen LogP contribution in [0.1, 0.15) is 28.8 Å². The Bertz CT molecular complexity index is 726. The predicted molar refractivity (Wildman–Crippen MR) is 83.0 cm³/mol. The lowest BCUT2D eigenvalue weighted by Gasteiger charge is -2.15. The third kappa shape index (κ3) is 2.56. The molecule has 0 radical (unpaired) electrons. The highest BCUT2D eigenvalue weighted by atomic mass is 35.5.